The van der Waals surface area contributed by atoms with Crippen molar-refractivity contribution in [2.45, 2.75) is 32.4 Å². The Labute approximate surface area is 105 Å². The Morgan fingerprint density at radius 1 is 1.56 bits per heavy atom. The molecule has 1 aromatic heterocycles. The van der Waals surface area contributed by atoms with E-state index in [0.717, 1.165) is 12.6 Å². The molecule has 0 spiro atoms. The van der Waals surface area contributed by atoms with Gasteiger partial charge in [-0.15, -0.1) is 0 Å². The van der Waals surface area contributed by atoms with Gasteiger partial charge in [0.05, 0.1) is 12.3 Å². The lowest BCUT2D eigenvalue weighted by Crippen LogP contribution is -2.57. The highest BCUT2D eigenvalue weighted by Gasteiger charge is 2.48. The molecule has 1 aliphatic carbocycles. The topological polar surface area (TPSA) is 85.1 Å². The van der Waals surface area contributed by atoms with Crippen LogP contribution in [-0.2, 0) is 4.74 Å². The van der Waals surface area contributed by atoms with Crippen LogP contribution in [-0.4, -0.2) is 29.2 Å². The van der Waals surface area contributed by atoms with Gasteiger partial charge in [0.2, 0.25) is 5.95 Å². The summed E-state index contributed by atoms with van der Waals surface area (Å²) in [7, 11) is 1.68. The van der Waals surface area contributed by atoms with Crippen LogP contribution in [0.2, 0.25) is 0 Å². The van der Waals surface area contributed by atoms with Crippen molar-refractivity contribution in [1.82, 2.24) is 9.97 Å². The average molecular weight is 255 g/mol. The largest absolute Gasteiger partial charge is 0.381 e. The smallest absolute Gasteiger partial charge is 0.239 e. The molecule has 100 valence electrons. The number of nitrogens with zero attached hydrogens (tertiary/aromatic N) is 2. The lowest BCUT2D eigenvalue weighted by molar-refractivity contribution is -0.0796. The zero-order valence-corrected chi connectivity index (χ0v) is 10.7. The van der Waals surface area contributed by atoms with Gasteiger partial charge < -0.3 is 10.1 Å². The number of nitrogens with one attached hydrogen (secondary N) is 2. The number of rotatable bonds is 4. The predicted octanol–water partition coefficient (Wildman–Crippen LogP) is 1.13. The highest BCUT2D eigenvalue weighted by atomic mass is 19.1. The zero-order valence-electron chi connectivity index (χ0n) is 10.7. The molecule has 2 unspecified atom stereocenters. The number of nitrogen functional groups attached to an aromatic ring is 1. The normalized spacial score (nSPS) is 25.4. The van der Waals surface area contributed by atoms with E-state index in [-0.39, 0.29) is 29.3 Å². The second kappa shape index (κ2) is 4.66. The van der Waals surface area contributed by atoms with Crippen molar-refractivity contribution in [3.8, 4) is 0 Å². The van der Waals surface area contributed by atoms with Gasteiger partial charge in [0, 0.05) is 18.6 Å². The van der Waals surface area contributed by atoms with Gasteiger partial charge in [-0.05, 0) is 6.42 Å². The molecule has 2 atom stereocenters. The monoisotopic (exact) mass is 255 g/mol. The molecule has 1 aromatic rings. The van der Waals surface area contributed by atoms with Gasteiger partial charge in [-0.3, -0.25) is 5.43 Å². The summed E-state index contributed by atoms with van der Waals surface area (Å²) in [6.07, 6.45) is 2.08. The van der Waals surface area contributed by atoms with E-state index < -0.39 is 5.82 Å². The molecule has 1 aliphatic rings. The Balaban J connectivity index is 2.11. The molecule has 0 aliphatic heterocycles. The van der Waals surface area contributed by atoms with Crippen LogP contribution < -0.4 is 16.6 Å². The van der Waals surface area contributed by atoms with Crippen molar-refractivity contribution < 1.29 is 9.13 Å². The summed E-state index contributed by atoms with van der Waals surface area (Å²) in [4.78, 5) is 7.64. The SMILES string of the molecule is COC1CC(Nc2nc(NN)ncc2F)C1(C)C. The van der Waals surface area contributed by atoms with Crippen LogP contribution in [0.5, 0.6) is 0 Å². The van der Waals surface area contributed by atoms with Crippen molar-refractivity contribution in [3.63, 3.8) is 0 Å². The molecule has 0 bridgehead atoms. The van der Waals surface area contributed by atoms with Crippen LogP contribution in [0.3, 0.4) is 0 Å². The highest BCUT2D eigenvalue weighted by molar-refractivity contribution is 5.42. The van der Waals surface area contributed by atoms with Crippen LogP contribution in [0.4, 0.5) is 16.2 Å². The first kappa shape index (κ1) is 13.0. The van der Waals surface area contributed by atoms with E-state index in [1.807, 2.05) is 0 Å². The summed E-state index contributed by atoms with van der Waals surface area (Å²) < 4.78 is 18.9. The van der Waals surface area contributed by atoms with Gasteiger partial charge in [0.1, 0.15) is 0 Å². The number of methoxy groups -OCH3 is 1. The Hall–Kier alpha value is -1.47. The summed E-state index contributed by atoms with van der Waals surface area (Å²) in [5, 5.41) is 3.07. The number of hydrogen-bond acceptors (Lipinski definition) is 6. The number of nitrogens with two attached hydrogens (primary N) is 1. The minimum Gasteiger partial charge on any atom is -0.381 e. The average Bonchev–Trinajstić information content (AvgIpc) is 2.35. The van der Waals surface area contributed by atoms with Crippen LogP contribution >= 0.6 is 0 Å². The fourth-order valence-corrected chi connectivity index (χ4v) is 2.23. The zero-order chi connectivity index (χ0) is 13.3. The van der Waals surface area contributed by atoms with Gasteiger partial charge in [-0.2, -0.15) is 4.98 Å². The summed E-state index contributed by atoms with van der Waals surface area (Å²) >= 11 is 0. The third-order valence-electron chi connectivity index (χ3n) is 3.65. The molecular weight excluding hydrogens is 237 g/mol. The first-order valence-corrected chi connectivity index (χ1v) is 5.77. The lowest BCUT2D eigenvalue weighted by Gasteiger charge is -2.51. The third kappa shape index (κ3) is 2.11. The van der Waals surface area contributed by atoms with Crippen LogP contribution in [0.1, 0.15) is 20.3 Å². The molecule has 6 nitrogen and oxygen atoms in total. The fourth-order valence-electron chi connectivity index (χ4n) is 2.23. The minimum absolute atomic E-state index is 0.0670. The van der Waals surface area contributed by atoms with Crippen molar-refractivity contribution in [1.29, 1.82) is 0 Å². The molecule has 0 amide bonds. The molecule has 0 saturated heterocycles. The molecule has 18 heavy (non-hydrogen) atoms. The molecule has 1 fully saturated rings. The molecule has 1 saturated carbocycles. The molecule has 4 N–H and O–H groups in total. The van der Waals surface area contributed by atoms with Crippen LogP contribution in [0.25, 0.3) is 0 Å². The van der Waals surface area contributed by atoms with Gasteiger partial charge in [0.15, 0.2) is 11.6 Å². The molecule has 7 heteroatoms. The van der Waals surface area contributed by atoms with E-state index in [9.17, 15) is 4.39 Å². The number of anilines is 2. The first-order chi connectivity index (χ1) is 8.48. The van der Waals surface area contributed by atoms with Crippen LogP contribution in [0, 0.1) is 11.2 Å². The molecule has 0 radical (unpaired) electrons. The fraction of sp³-hybridized carbons (Fsp3) is 0.636. The number of hydrazine groups is 1. The standard InChI is InChI=1S/C11H18FN5O/c1-11(2)7(4-8(11)18-3)15-9-6(12)5-14-10(16-9)17-13/h5,7-8H,4,13H2,1-3H3,(H2,14,15,16,17). The molecular formula is C11H18FN5O. The maximum atomic E-state index is 13.6. The molecule has 0 aromatic carbocycles. The number of hydrogen-bond donors (Lipinski definition) is 3. The van der Waals surface area contributed by atoms with Crippen molar-refractivity contribution >= 4 is 11.8 Å². The summed E-state index contributed by atoms with van der Waals surface area (Å²) in [5.74, 6) is 5.04. The molecule has 2 rings (SSSR count). The third-order valence-corrected chi connectivity index (χ3v) is 3.65. The number of ether oxygens (including phenoxy) is 1. The Kier molecular flexibility index (Phi) is 3.36. The van der Waals surface area contributed by atoms with E-state index >= 15 is 0 Å². The number of aromatic nitrogens is 2. The van der Waals surface area contributed by atoms with Crippen molar-refractivity contribution in [3.05, 3.63) is 12.0 Å². The van der Waals surface area contributed by atoms with Gasteiger partial charge >= 0.3 is 0 Å². The van der Waals surface area contributed by atoms with E-state index in [1.54, 1.807) is 7.11 Å². The quantitative estimate of drug-likeness (QED) is 0.552. The van der Waals surface area contributed by atoms with E-state index in [4.69, 9.17) is 10.6 Å². The molecule has 1 heterocycles. The second-order valence-corrected chi connectivity index (χ2v) is 5.01. The van der Waals surface area contributed by atoms with Crippen molar-refractivity contribution in [2.24, 2.45) is 11.3 Å². The summed E-state index contributed by atoms with van der Waals surface area (Å²) in [5.41, 5.74) is 2.22. The first-order valence-electron chi connectivity index (χ1n) is 5.77. The Morgan fingerprint density at radius 2 is 2.28 bits per heavy atom. The van der Waals surface area contributed by atoms with Crippen LogP contribution in [0.15, 0.2) is 6.20 Å². The van der Waals surface area contributed by atoms with E-state index in [0.29, 0.717) is 0 Å². The van der Waals surface area contributed by atoms with Gasteiger partial charge in [-0.25, -0.2) is 15.2 Å². The predicted molar refractivity (Wildman–Crippen MR) is 66.4 cm³/mol. The van der Waals surface area contributed by atoms with Gasteiger partial charge in [0.25, 0.3) is 0 Å². The van der Waals surface area contributed by atoms with Crippen molar-refractivity contribution in [2.75, 3.05) is 17.9 Å². The van der Waals surface area contributed by atoms with E-state index in [1.165, 1.54) is 0 Å². The Morgan fingerprint density at radius 3 is 2.83 bits per heavy atom. The number of halogens is 1. The van der Waals surface area contributed by atoms with E-state index in [2.05, 4.69) is 34.6 Å². The maximum Gasteiger partial charge on any atom is 0.239 e. The highest BCUT2D eigenvalue weighted by Crippen LogP contribution is 2.44. The lowest BCUT2D eigenvalue weighted by atomic mass is 9.64. The van der Waals surface area contributed by atoms with Gasteiger partial charge in [-0.1, -0.05) is 13.8 Å². The maximum absolute atomic E-state index is 13.6. The second-order valence-electron chi connectivity index (χ2n) is 5.01. The summed E-state index contributed by atoms with van der Waals surface area (Å²) in [6.45, 7) is 4.15. The summed E-state index contributed by atoms with van der Waals surface area (Å²) in [6, 6.07) is 0.109. The Bertz CT molecular complexity index is 439. The minimum atomic E-state index is -0.495.